The summed E-state index contributed by atoms with van der Waals surface area (Å²) < 4.78 is 1.68. The minimum absolute atomic E-state index is 0.0914. The molecule has 2 amide bonds. The number of rotatable bonds is 8. The summed E-state index contributed by atoms with van der Waals surface area (Å²) in [7, 11) is 0. The van der Waals surface area contributed by atoms with Crippen LogP contribution in [0, 0.1) is 17.3 Å². The highest BCUT2D eigenvalue weighted by Gasteiger charge is 2.53. The van der Waals surface area contributed by atoms with E-state index in [0.29, 0.717) is 24.4 Å². The van der Waals surface area contributed by atoms with Crippen LogP contribution in [0.4, 0.5) is 0 Å². The minimum atomic E-state index is -0.297. The van der Waals surface area contributed by atoms with Gasteiger partial charge in [-0.2, -0.15) is 0 Å². The molecule has 0 saturated heterocycles. The standard InChI is InChI=1S/C26H27N5O2/c1-2-3-9-26(12-19-11-20(19)13-26)17-29-25(33)22-7-4-8-23-30-21(16-31(22)23)24(32)28-15-18-6-5-10-27-14-18/h3-8,10,14,16,19-20H,1,9,11-13,15,17H2,(H,28,32)(H,29,33). The lowest BCUT2D eigenvalue weighted by molar-refractivity contribution is 0.0917. The normalized spacial score (nSPS) is 22.9. The SMILES string of the molecule is C=C=CCC1(CNC(=O)c2cccc3nc(C(=O)NCc4cccnc4)cn23)CC2CC2C1. The van der Waals surface area contributed by atoms with Crippen molar-refractivity contribution >= 4 is 17.5 Å². The number of imidazole rings is 1. The second-order valence-electron chi connectivity index (χ2n) is 9.27. The number of hydrogen-bond donors (Lipinski definition) is 2. The van der Waals surface area contributed by atoms with E-state index >= 15 is 0 Å². The van der Waals surface area contributed by atoms with Gasteiger partial charge in [-0.3, -0.25) is 19.0 Å². The second kappa shape index (κ2) is 8.68. The fourth-order valence-electron chi connectivity index (χ4n) is 5.12. The average molecular weight is 442 g/mol. The van der Waals surface area contributed by atoms with E-state index in [0.717, 1.165) is 36.7 Å². The predicted octanol–water partition coefficient (Wildman–Crippen LogP) is 3.54. The highest BCUT2D eigenvalue weighted by molar-refractivity contribution is 5.95. The number of nitrogens with one attached hydrogen (secondary N) is 2. The van der Waals surface area contributed by atoms with E-state index in [-0.39, 0.29) is 22.9 Å². The molecule has 2 aliphatic carbocycles. The number of pyridine rings is 2. The Hall–Kier alpha value is -3.70. The predicted molar refractivity (Wildman–Crippen MR) is 125 cm³/mol. The topological polar surface area (TPSA) is 88.4 Å². The van der Waals surface area contributed by atoms with Crippen molar-refractivity contribution in [1.82, 2.24) is 25.0 Å². The number of fused-ring (bicyclic) bond motifs is 2. The summed E-state index contributed by atoms with van der Waals surface area (Å²) >= 11 is 0. The van der Waals surface area contributed by atoms with E-state index in [2.05, 4.69) is 32.9 Å². The van der Waals surface area contributed by atoms with Gasteiger partial charge in [0.25, 0.3) is 11.8 Å². The van der Waals surface area contributed by atoms with Crippen LogP contribution in [-0.2, 0) is 6.54 Å². The molecule has 2 unspecified atom stereocenters. The van der Waals surface area contributed by atoms with Crippen molar-refractivity contribution in [1.29, 1.82) is 0 Å². The van der Waals surface area contributed by atoms with Crippen LogP contribution in [0.1, 0.15) is 52.2 Å². The summed E-state index contributed by atoms with van der Waals surface area (Å²) in [5.74, 6) is 1.16. The third kappa shape index (κ3) is 4.45. The maximum atomic E-state index is 13.1. The molecule has 5 rings (SSSR count). The first-order valence-corrected chi connectivity index (χ1v) is 11.3. The van der Waals surface area contributed by atoms with E-state index in [9.17, 15) is 9.59 Å². The Bertz CT molecular complexity index is 1230. The molecule has 7 nitrogen and oxygen atoms in total. The highest BCUT2D eigenvalue weighted by Crippen LogP contribution is 2.61. The molecule has 2 aliphatic rings. The van der Waals surface area contributed by atoms with Crippen LogP contribution in [0.2, 0.25) is 0 Å². The number of carbonyl (C=O) groups excluding carboxylic acids is 2. The largest absolute Gasteiger partial charge is 0.350 e. The van der Waals surface area contributed by atoms with E-state index < -0.39 is 0 Å². The minimum Gasteiger partial charge on any atom is -0.350 e. The van der Waals surface area contributed by atoms with Gasteiger partial charge in [-0.25, -0.2) is 4.98 Å². The van der Waals surface area contributed by atoms with Crippen molar-refractivity contribution in [2.75, 3.05) is 6.54 Å². The zero-order chi connectivity index (χ0) is 22.8. The number of amides is 2. The van der Waals surface area contributed by atoms with Crippen LogP contribution in [0.3, 0.4) is 0 Å². The van der Waals surface area contributed by atoms with Gasteiger partial charge in [0.1, 0.15) is 17.0 Å². The first-order chi connectivity index (χ1) is 16.1. The van der Waals surface area contributed by atoms with Gasteiger partial charge >= 0.3 is 0 Å². The summed E-state index contributed by atoms with van der Waals surface area (Å²) in [4.78, 5) is 34.2. The zero-order valence-electron chi connectivity index (χ0n) is 18.5. The molecule has 0 aliphatic heterocycles. The zero-order valence-corrected chi connectivity index (χ0v) is 18.5. The lowest BCUT2D eigenvalue weighted by atomic mass is 9.79. The Kier molecular flexibility index (Phi) is 5.56. The van der Waals surface area contributed by atoms with Gasteiger partial charge in [-0.1, -0.05) is 18.7 Å². The van der Waals surface area contributed by atoms with Gasteiger partial charge in [-0.15, -0.1) is 5.73 Å². The number of nitrogens with zero attached hydrogens (tertiary/aromatic N) is 3. The Labute approximate surface area is 192 Å². The van der Waals surface area contributed by atoms with E-state index in [1.54, 1.807) is 41.2 Å². The van der Waals surface area contributed by atoms with Crippen molar-refractivity contribution < 1.29 is 9.59 Å². The second-order valence-corrected chi connectivity index (χ2v) is 9.27. The molecule has 0 aromatic carbocycles. The van der Waals surface area contributed by atoms with Crippen molar-refractivity contribution in [3.63, 3.8) is 0 Å². The molecule has 2 saturated carbocycles. The van der Waals surface area contributed by atoms with Crippen LogP contribution in [0.15, 0.2) is 67.3 Å². The first kappa shape index (κ1) is 21.2. The lowest BCUT2D eigenvalue weighted by Gasteiger charge is -2.30. The first-order valence-electron chi connectivity index (χ1n) is 11.3. The molecule has 0 radical (unpaired) electrons. The Balaban J connectivity index is 1.29. The summed E-state index contributed by atoms with van der Waals surface area (Å²) in [5.41, 5.74) is 5.16. The van der Waals surface area contributed by atoms with Crippen LogP contribution < -0.4 is 10.6 Å². The molecule has 2 atom stereocenters. The van der Waals surface area contributed by atoms with Crippen LogP contribution in [-0.4, -0.2) is 32.7 Å². The van der Waals surface area contributed by atoms with Gasteiger partial charge in [0.15, 0.2) is 0 Å². The molecule has 2 N–H and O–H groups in total. The van der Waals surface area contributed by atoms with Gasteiger partial charge in [0.2, 0.25) is 0 Å². The summed E-state index contributed by atoms with van der Waals surface area (Å²) in [5, 5.41) is 6.00. The number of allylic oxidation sites excluding steroid dienone is 1. The average Bonchev–Trinajstić information content (AvgIpc) is 3.25. The monoisotopic (exact) mass is 441 g/mol. The van der Waals surface area contributed by atoms with Gasteiger partial charge < -0.3 is 10.6 Å². The fraction of sp³-hybridized carbons (Fsp3) is 0.346. The van der Waals surface area contributed by atoms with Crippen LogP contribution >= 0.6 is 0 Å². The third-order valence-electron chi connectivity index (χ3n) is 6.90. The molecule has 3 aromatic heterocycles. The highest BCUT2D eigenvalue weighted by atomic mass is 16.2. The van der Waals surface area contributed by atoms with Gasteiger partial charge in [-0.05, 0) is 72.8 Å². The Morgan fingerprint density at radius 2 is 2.03 bits per heavy atom. The molecule has 3 heterocycles. The van der Waals surface area contributed by atoms with Crippen molar-refractivity contribution in [2.24, 2.45) is 17.3 Å². The van der Waals surface area contributed by atoms with E-state index in [1.165, 1.54) is 6.42 Å². The molecule has 3 aromatic rings. The van der Waals surface area contributed by atoms with Crippen molar-refractivity contribution in [2.45, 2.75) is 32.2 Å². The number of aromatic nitrogens is 3. The third-order valence-corrected chi connectivity index (χ3v) is 6.90. The lowest BCUT2D eigenvalue weighted by Crippen LogP contribution is -2.37. The van der Waals surface area contributed by atoms with Crippen molar-refractivity contribution in [3.05, 3.63) is 84.3 Å². The maximum Gasteiger partial charge on any atom is 0.271 e. The van der Waals surface area contributed by atoms with E-state index in [1.807, 2.05) is 18.2 Å². The smallest absolute Gasteiger partial charge is 0.271 e. The van der Waals surface area contributed by atoms with Gasteiger partial charge in [0.05, 0.1) is 0 Å². The summed E-state index contributed by atoms with van der Waals surface area (Å²) in [6.45, 7) is 4.68. The van der Waals surface area contributed by atoms with Crippen LogP contribution in [0.25, 0.3) is 5.65 Å². The molecule has 0 spiro atoms. The quantitative estimate of drug-likeness (QED) is 0.524. The fourth-order valence-corrected chi connectivity index (χ4v) is 5.12. The summed E-state index contributed by atoms with van der Waals surface area (Å²) in [6.07, 6.45) is 11.5. The molecular formula is C26H27N5O2. The molecule has 0 bridgehead atoms. The maximum absolute atomic E-state index is 13.1. The number of hydrogen-bond acceptors (Lipinski definition) is 4. The van der Waals surface area contributed by atoms with Crippen LogP contribution in [0.5, 0.6) is 0 Å². The molecule has 2 fully saturated rings. The van der Waals surface area contributed by atoms with Crippen molar-refractivity contribution in [3.8, 4) is 0 Å². The summed E-state index contributed by atoms with van der Waals surface area (Å²) in [6, 6.07) is 9.05. The molecule has 33 heavy (non-hydrogen) atoms. The Morgan fingerprint density at radius 3 is 2.79 bits per heavy atom. The Morgan fingerprint density at radius 1 is 1.18 bits per heavy atom. The molecular weight excluding hydrogens is 414 g/mol. The molecule has 168 valence electrons. The number of carbonyl (C=O) groups is 2. The van der Waals surface area contributed by atoms with Gasteiger partial charge in [0, 0.05) is 31.7 Å². The van der Waals surface area contributed by atoms with E-state index in [4.69, 9.17) is 0 Å². The molecule has 7 heteroatoms.